The van der Waals surface area contributed by atoms with Crippen molar-refractivity contribution in [2.45, 2.75) is 44.9 Å². The average molecular weight is 388 g/mol. The summed E-state index contributed by atoms with van der Waals surface area (Å²) in [6, 6.07) is 5.85. The second kappa shape index (κ2) is 8.52. The molecule has 3 rings (SSSR count). The summed E-state index contributed by atoms with van der Waals surface area (Å²) in [4.78, 5) is 22.6. The minimum atomic E-state index is -1.34. The van der Waals surface area contributed by atoms with Gasteiger partial charge in [-0.15, -0.1) is 0 Å². The first kappa shape index (κ1) is 20.0. The van der Waals surface area contributed by atoms with Crippen molar-refractivity contribution in [3.8, 4) is 5.75 Å². The van der Waals surface area contributed by atoms with Gasteiger partial charge in [0, 0.05) is 62.5 Å². The fourth-order valence-electron chi connectivity index (χ4n) is 3.22. The fraction of sp³-hybridized carbons (Fsp3) is 0.450. The predicted octanol–water partition coefficient (Wildman–Crippen LogP) is 2.93. The quantitative estimate of drug-likeness (QED) is 0.754. The third kappa shape index (κ3) is 4.95. The summed E-state index contributed by atoms with van der Waals surface area (Å²) in [6.45, 7) is 5.77. The zero-order chi connectivity index (χ0) is 20.1. The second-order valence-corrected chi connectivity index (χ2v) is 7.35. The molecule has 1 fully saturated rings. The number of piperidine rings is 1. The van der Waals surface area contributed by atoms with Crippen LogP contribution in [0.5, 0.6) is 5.75 Å². The Labute approximate surface area is 163 Å². The molecule has 0 spiro atoms. The molecule has 1 aliphatic heterocycles. The van der Waals surface area contributed by atoms with Gasteiger partial charge in [-0.25, -0.2) is 19.2 Å². The van der Waals surface area contributed by atoms with Gasteiger partial charge in [0.25, 0.3) is 0 Å². The van der Waals surface area contributed by atoms with E-state index >= 15 is 0 Å². The number of nitrogens with one attached hydrogen (secondary N) is 1. The maximum absolute atomic E-state index is 13.4. The van der Waals surface area contributed by atoms with Crippen LogP contribution in [-0.2, 0) is 11.3 Å². The summed E-state index contributed by atoms with van der Waals surface area (Å²) < 4.78 is 19.1. The number of benzene rings is 1. The van der Waals surface area contributed by atoms with E-state index in [0.717, 1.165) is 5.56 Å². The van der Waals surface area contributed by atoms with Gasteiger partial charge in [-0.05, 0) is 26.0 Å². The number of hydrogen-bond acceptors (Lipinski definition) is 6. The van der Waals surface area contributed by atoms with E-state index in [0.29, 0.717) is 38.4 Å². The number of rotatable bonds is 7. The maximum atomic E-state index is 13.4. The van der Waals surface area contributed by atoms with Crippen molar-refractivity contribution in [2.75, 3.05) is 18.4 Å². The highest BCUT2D eigenvalue weighted by Gasteiger charge is 2.44. The molecule has 1 aromatic carbocycles. The van der Waals surface area contributed by atoms with E-state index in [2.05, 4.69) is 20.2 Å². The SMILES string of the molecule is CC(C)Nc1ncc(CN2CCC(Oc3cccc(F)c3)(C(=O)O)CC2)cn1. The summed E-state index contributed by atoms with van der Waals surface area (Å²) in [5.41, 5.74) is -0.380. The molecule has 0 bridgehead atoms. The van der Waals surface area contributed by atoms with Crippen LogP contribution in [0, 0.1) is 5.82 Å². The van der Waals surface area contributed by atoms with Gasteiger partial charge in [-0.3, -0.25) is 4.90 Å². The Bertz CT molecular complexity index is 805. The fourth-order valence-corrected chi connectivity index (χ4v) is 3.22. The zero-order valence-corrected chi connectivity index (χ0v) is 16.1. The molecule has 0 atom stereocenters. The third-order valence-electron chi connectivity index (χ3n) is 4.69. The Balaban J connectivity index is 1.60. The summed E-state index contributed by atoms with van der Waals surface area (Å²) in [6.07, 6.45) is 4.18. The molecular weight excluding hydrogens is 363 g/mol. The predicted molar refractivity (Wildman–Crippen MR) is 103 cm³/mol. The van der Waals surface area contributed by atoms with Gasteiger partial charge in [-0.1, -0.05) is 6.07 Å². The maximum Gasteiger partial charge on any atom is 0.348 e. The van der Waals surface area contributed by atoms with Crippen molar-refractivity contribution in [1.29, 1.82) is 0 Å². The standard InChI is InChI=1S/C20H25FN4O3/c1-14(2)24-19-22-11-15(12-23-19)13-25-8-6-20(7-9-25,18(26)27)28-17-5-3-4-16(21)10-17/h3-5,10-12,14H,6-9,13H2,1-2H3,(H,26,27)(H,22,23,24). The van der Waals surface area contributed by atoms with Crippen molar-refractivity contribution < 1.29 is 19.0 Å². The highest BCUT2D eigenvalue weighted by atomic mass is 19.1. The molecule has 2 heterocycles. The number of halogens is 1. The lowest BCUT2D eigenvalue weighted by molar-refractivity contribution is -0.159. The molecule has 2 N–H and O–H groups in total. The second-order valence-electron chi connectivity index (χ2n) is 7.35. The van der Waals surface area contributed by atoms with Crippen molar-refractivity contribution in [2.24, 2.45) is 0 Å². The van der Waals surface area contributed by atoms with Gasteiger partial charge >= 0.3 is 5.97 Å². The highest BCUT2D eigenvalue weighted by molar-refractivity contribution is 5.78. The van der Waals surface area contributed by atoms with Crippen LogP contribution in [0.2, 0.25) is 0 Å². The molecular formula is C20H25FN4O3. The van der Waals surface area contributed by atoms with E-state index < -0.39 is 17.4 Å². The molecule has 150 valence electrons. The van der Waals surface area contributed by atoms with Crippen LogP contribution in [-0.4, -0.2) is 50.7 Å². The molecule has 1 saturated heterocycles. The van der Waals surface area contributed by atoms with Crippen LogP contribution in [0.3, 0.4) is 0 Å². The van der Waals surface area contributed by atoms with Gasteiger partial charge < -0.3 is 15.2 Å². The summed E-state index contributed by atoms with van der Waals surface area (Å²) in [5.74, 6) is -0.655. The van der Waals surface area contributed by atoms with Crippen LogP contribution in [0.25, 0.3) is 0 Å². The number of ether oxygens (including phenoxy) is 1. The van der Waals surface area contributed by atoms with Crippen LogP contribution in [0.1, 0.15) is 32.3 Å². The number of likely N-dealkylation sites (tertiary alicyclic amines) is 1. The van der Waals surface area contributed by atoms with Crippen molar-refractivity contribution >= 4 is 11.9 Å². The van der Waals surface area contributed by atoms with E-state index in [4.69, 9.17) is 4.74 Å². The normalized spacial score (nSPS) is 16.7. The van der Waals surface area contributed by atoms with Gasteiger partial charge in [0.1, 0.15) is 11.6 Å². The number of aromatic nitrogens is 2. The Kier molecular flexibility index (Phi) is 6.08. The summed E-state index contributed by atoms with van der Waals surface area (Å²) in [5, 5.41) is 12.9. The first-order valence-electron chi connectivity index (χ1n) is 9.34. The average Bonchev–Trinajstić information content (AvgIpc) is 2.64. The lowest BCUT2D eigenvalue weighted by Gasteiger charge is -2.38. The van der Waals surface area contributed by atoms with E-state index in [-0.39, 0.29) is 11.8 Å². The number of carbonyl (C=O) groups is 1. The number of nitrogens with zero attached hydrogens (tertiary/aromatic N) is 3. The Morgan fingerprint density at radius 2 is 2.00 bits per heavy atom. The monoisotopic (exact) mass is 388 g/mol. The minimum absolute atomic E-state index is 0.234. The van der Waals surface area contributed by atoms with Crippen LogP contribution in [0.15, 0.2) is 36.7 Å². The molecule has 28 heavy (non-hydrogen) atoms. The molecule has 0 radical (unpaired) electrons. The molecule has 0 amide bonds. The van der Waals surface area contributed by atoms with Gasteiger partial charge in [-0.2, -0.15) is 0 Å². The zero-order valence-electron chi connectivity index (χ0n) is 16.1. The van der Waals surface area contributed by atoms with Crippen LogP contribution >= 0.6 is 0 Å². The van der Waals surface area contributed by atoms with Gasteiger partial charge in [0.15, 0.2) is 0 Å². The molecule has 0 saturated carbocycles. The molecule has 1 aromatic heterocycles. The first-order valence-corrected chi connectivity index (χ1v) is 9.34. The Hall–Kier alpha value is -2.74. The lowest BCUT2D eigenvalue weighted by Crippen LogP contribution is -2.53. The van der Waals surface area contributed by atoms with Crippen molar-refractivity contribution in [3.63, 3.8) is 0 Å². The number of aliphatic carboxylic acids is 1. The largest absolute Gasteiger partial charge is 0.478 e. The van der Waals surface area contributed by atoms with Crippen molar-refractivity contribution in [1.82, 2.24) is 14.9 Å². The third-order valence-corrected chi connectivity index (χ3v) is 4.69. The molecule has 7 nitrogen and oxygen atoms in total. The molecule has 1 aliphatic rings. The lowest BCUT2D eigenvalue weighted by atomic mass is 9.91. The highest BCUT2D eigenvalue weighted by Crippen LogP contribution is 2.30. The van der Waals surface area contributed by atoms with E-state index in [1.54, 1.807) is 18.5 Å². The van der Waals surface area contributed by atoms with Crippen molar-refractivity contribution in [3.05, 3.63) is 48.0 Å². The number of hydrogen-bond donors (Lipinski definition) is 2. The van der Waals surface area contributed by atoms with Crippen LogP contribution < -0.4 is 10.1 Å². The van der Waals surface area contributed by atoms with Gasteiger partial charge in [0.05, 0.1) is 0 Å². The number of anilines is 1. The smallest absolute Gasteiger partial charge is 0.348 e. The molecule has 8 heteroatoms. The van der Waals surface area contributed by atoms with Crippen LogP contribution in [0.4, 0.5) is 10.3 Å². The number of carboxylic acids is 1. The molecule has 0 aliphatic carbocycles. The van der Waals surface area contributed by atoms with Gasteiger partial charge in [0.2, 0.25) is 11.5 Å². The van der Waals surface area contributed by atoms with E-state index in [1.807, 2.05) is 13.8 Å². The first-order chi connectivity index (χ1) is 13.4. The summed E-state index contributed by atoms with van der Waals surface area (Å²) in [7, 11) is 0. The van der Waals surface area contributed by atoms with E-state index in [1.165, 1.54) is 18.2 Å². The minimum Gasteiger partial charge on any atom is -0.478 e. The Morgan fingerprint density at radius 3 is 2.57 bits per heavy atom. The summed E-state index contributed by atoms with van der Waals surface area (Å²) >= 11 is 0. The molecule has 0 unspecified atom stereocenters. The Morgan fingerprint density at radius 1 is 1.32 bits per heavy atom. The number of carboxylic acid groups (broad SMARTS) is 1. The van der Waals surface area contributed by atoms with E-state index in [9.17, 15) is 14.3 Å². The topological polar surface area (TPSA) is 87.6 Å². The molecule has 2 aromatic rings.